The Kier molecular flexibility index (Phi) is 6.84. The van der Waals surface area contributed by atoms with Crippen molar-refractivity contribution in [2.75, 3.05) is 52.4 Å². The standard InChI is InChI=1S/C20H31N3O2/c24-19(18-8-4-3-5-9-18)16-21-12-14-22(15-13-21)17-20(25)23-10-6-1-2-7-11-23/h3-5,8-9,19,24H,1-2,6-7,10-17H2/t19-/m1/s1. The van der Waals surface area contributed by atoms with E-state index in [1.807, 2.05) is 30.3 Å². The summed E-state index contributed by atoms with van der Waals surface area (Å²) in [6, 6.07) is 9.84. The van der Waals surface area contributed by atoms with Crippen molar-refractivity contribution in [1.29, 1.82) is 0 Å². The van der Waals surface area contributed by atoms with Crippen molar-refractivity contribution in [3.8, 4) is 0 Å². The molecule has 1 aromatic rings. The quantitative estimate of drug-likeness (QED) is 0.883. The van der Waals surface area contributed by atoms with E-state index in [1.54, 1.807) is 0 Å². The van der Waals surface area contributed by atoms with Crippen LogP contribution < -0.4 is 0 Å². The van der Waals surface area contributed by atoms with Crippen molar-refractivity contribution >= 4 is 5.91 Å². The molecular formula is C20H31N3O2. The molecule has 0 radical (unpaired) electrons. The molecule has 1 aromatic carbocycles. The Bertz CT molecular complexity index is 521. The molecule has 1 atom stereocenters. The van der Waals surface area contributed by atoms with Crippen LogP contribution in [0.3, 0.4) is 0 Å². The zero-order valence-corrected chi connectivity index (χ0v) is 15.1. The van der Waals surface area contributed by atoms with Gasteiger partial charge in [-0.2, -0.15) is 0 Å². The molecule has 2 fully saturated rings. The Balaban J connectivity index is 1.40. The van der Waals surface area contributed by atoms with Gasteiger partial charge in [-0.05, 0) is 18.4 Å². The van der Waals surface area contributed by atoms with E-state index >= 15 is 0 Å². The summed E-state index contributed by atoms with van der Waals surface area (Å²) in [4.78, 5) is 19.1. The molecule has 0 spiro atoms. The van der Waals surface area contributed by atoms with E-state index in [1.165, 1.54) is 12.8 Å². The molecule has 25 heavy (non-hydrogen) atoms. The number of carbonyl (C=O) groups is 1. The highest BCUT2D eigenvalue weighted by Gasteiger charge is 2.23. The zero-order chi connectivity index (χ0) is 17.5. The van der Waals surface area contributed by atoms with Crippen molar-refractivity contribution in [2.24, 2.45) is 0 Å². The molecule has 0 saturated carbocycles. The zero-order valence-electron chi connectivity index (χ0n) is 15.1. The van der Waals surface area contributed by atoms with Gasteiger partial charge >= 0.3 is 0 Å². The lowest BCUT2D eigenvalue weighted by molar-refractivity contribution is -0.132. The van der Waals surface area contributed by atoms with Crippen LogP contribution in [0.5, 0.6) is 0 Å². The molecule has 1 N–H and O–H groups in total. The minimum Gasteiger partial charge on any atom is -0.387 e. The number of aliphatic hydroxyl groups excluding tert-OH is 1. The normalized spacial score (nSPS) is 21.7. The first kappa shape index (κ1) is 18.4. The van der Waals surface area contributed by atoms with Crippen LogP contribution >= 0.6 is 0 Å². The van der Waals surface area contributed by atoms with E-state index in [-0.39, 0.29) is 0 Å². The predicted octanol–water partition coefficient (Wildman–Crippen LogP) is 1.74. The third-order valence-corrected chi connectivity index (χ3v) is 5.40. The van der Waals surface area contributed by atoms with Gasteiger partial charge in [-0.25, -0.2) is 0 Å². The summed E-state index contributed by atoms with van der Waals surface area (Å²) < 4.78 is 0. The van der Waals surface area contributed by atoms with Gasteiger partial charge in [0, 0.05) is 45.8 Å². The number of hydrogen-bond acceptors (Lipinski definition) is 4. The number of hydrogen-bond donors (Lipinski definition) is 1. The minimum absolute atomic E-state index is 0.291. The summed E-state index contributed by atoms with van der Waals surface area (Å²) >= 11 is 0. The van der Waals surface area contributed by atoms with E-state index in [2.05, 4.69) is 14.7 Å². The Morgan fingerprint density at radius 1 is 0.880 bits per heavy atom. The van der Waals surface area contributed by atoms with Crippen LogP contribution in [0.2, 0.25) is 0 Å². The molecule has 2 aliphatic rings. The number of benzene rings is 1. The van der Waals surface area contributed by atoms with Crippen LogP contribution in [-0.4, -0.2) is 78.1 Å². The van der Waals surface area contributed by atoms with Crippen LogP contribution in [0.4, 0.5) is 0 Å². The molecule has 2 saturated heterocycles. The van der Waals surface area contributed by atoms with Crippen molar-refractivity contribution in [2.45, 2.75) is 31.8 Å². The van der Waals surface area contributed by atoms with E-state index in [4.69, 9.17) is 0 Å². The van der Waals surface area contributed by atoms with E-state index < -0.39 is 6.10 Å². The fraction of sp³-hybridized carbons (Fsp3) is 0.650. The van der Waals surface area contributed by atoms with Gasteiger partial charge in [0.1, 0.15) is 0 Å². The first-order chi connectivity index (χ1) is 12.2. The summed E-state index contributed by atoms with van der Waals surface area (Å²) in [6.45, 7) is 6.72. The molecule has 0 aromatic heterocycles. The van der Waals surface area contributed by atoms with Gasteiger partial charge in [-0.3, -0.25) is 14.6 Å². The van der Waals surface area contributed by atoms with Gasteiger partial charge in [-0.1, -0.05) is 43.2 Å². The van der Waals surface area contributed by atoms with Crippen LogP contribution in [0, 0.1) is 0 Å². The topological polar surface area (TPSA) is 47.0 Å². The monoisotopic (exact) mass is 345 g/mol. The number of rotatable bonds is 5. The van der Waals surface area contributed by atoms with Crippen molar-refractivity contribution in [3.63, 3.8) is 0 Å². The van der Waals surface area contributed by atoms with Crippen molar-refractivity contribution in [3.05, 3.63) is 35.9 Å². The maximum absolute atomic E-state index is 12.5. The molecular weight excluding hydrogens is 314 g/mol. The maximum atomic E-state index is 12.5. The van der Waals surface area contributed by atoms with Gasteiger partial charge in [-0.15, -0.1) is 0 Å². The largest absolute Gasteiger partial charge is 0.387 e. The average Bonchev–Trinajstić information content (AvgIpc) is 2.93. The Morgan fingerprint density at radius 3 is 2.12 bits per heavy atom. The fourth-order valence-electron chi connectivity index (χ4n) is 3.77. The van der Waals surface area contributed by atoms with Crippen molar-refractivity contribution in [1.82, 2.24) is 14.7 Å². The summed E-state index contributed by atoms with van der Waals surface area (Å²) in [5, 5.41) is 10.4. The number of β-amino-alcohol motifs (C(OH)–C–C–N with tert-alkyl or cyclic N) is 1. The Hall–Kier alpha value is -1.43. The number of aliphatic hydroxyl groups is 1. The molecule has 3 rings (SSSR count). The fourth-order valence-corrected chi connectivity index (χ4v) is 3.77. The SMILES string of the molecule is O=C(CN1CCN(C[C@@H](O)c2ccccc2)CC1)N1CCCCCC1. The Labute approximate surface area is 151 Å². The Morgan fingerprint density at radius 2 is 1.48 bits per heavy atom. The third-order valence-electron chi connectivity index (χ3n) is 5.40. The molecule has 138 valence electrons. The highest BCUT2D eigenvalue weighted by molar-refractivity contribution is 5.78. The summed E-state index contributed by atoms with van der Waals surface area (Å²) in [6.07, 6.45) is 4.37. The third kappa shape index (κ3) is 5.53. The second kappa shape index (κ2) is 9.32. The van der Waals surface area contributed by atoms with Gasteiger partial charge in [0.25, 0.3) is 0 Å². The van der Waals surface area contributed by atoms with Gasteiger partial charge in [0.15, 0.2) is 0 Å². The van der Waals surface area contributed by atoms with Crippen LogP contribution in [0.25, 0.3) is 0 Å². The second-order valence-electron chi connectivity index (χ2n) is 7.30. The summed E-state index contributed by atoms with van der Waals surface area (Å²) in [5.41, 5.74) is 0.973. The molecule has 1 amide bonds. The van der Waals surface area contributed by atoms with E-state index in [0.29, 0.717) is 19.0 Å². The first-order valence-corrected chi connectivity index (χ1v) is 9.68. The lowest BCUT2D eigenvalue weighted by Crippen LogP contribution is -2.50. The summed E-state index contributed by atoms with van der Waals surface area (Å²) in [7, 11) is 0. The van der Waals surface area contributed by atoms with Gasteiger partial charge in [0.05, 0.1) is 12.6 Å². The van der Waals surface area contributed by atoms with E-state index in [0.717, 1.165) is 57.7 Å². The minimum atomic E-state index is -0.438. The lowest BCUT2D eigenvalue weighted by Gasteiger charge is -2.36. The molecule has 0 unspecified atom stereocenters. The summed E-state index contributed by atoms with van der Waals surface area (Å²) in [5.74, 6) is 0.291. The second-order valence-corrected chi connectivity index (χ2v) is 7.30. The number of piperazine rings is 1. The molecule has 5 heteroatoms. The lowest BCUT2D eigenvalue weighted by atomic mass is 10.1. The number of amides is 1. The van der Waals surface area contributed by atoms with Crippen LogP contribution in [0.1, 0.15) is 37.4 Å². The molecule has 5 nitrogen and oxygen atoms in total. The van der Waals surface area contributed by atoms with Gasteiger partial charge < -0.3 is 10.0 Å². The molecule has 2 heterocycles. The van der Waals surface area contributed by atoms with Crippen LogP contribution in [0.15, 0.2) is 30.3 Å². The van der Waals surface area contributed by atoms with E-state index in [9.17, 15) is 9.90 Å². The molecule has 0 bridgehead atoms. The highest BCUT2D eigenvalue weighted by Crippen LogP contribution is 2.15. The number of carbonyl (C=O) groups excluding carboxylic acids is 1. The maximum Gasteiger partial charge on any atom is 0.236 e. The molecule has 2 aliphatic heterocycles. The van der Waals surface area contributed by atoms with Crippen molar-refractivity contribution < 1.29 is 9.90 Å². The average molecular weight is 345 g/mol. The highest BCUT2D eigenvalue weighted by atomic mass is 16.3. The number of likely N-dealkylation sites (tertiary alicyclic amines) is 1. The molecule has 0 aliphatic carbocycles. The predicted molar refractivity (Wildman–Crippen MR) is 99.3 cm³/mol. The number of nitrogens with zero attached hydrogens (tertiary/aromatic N) is 3. The van der Waals surface area contributed by atoms with Crippen LogP contribution in [-0.2, 0) is 4.79 Å². The smallest absolute Gasteiger partial charge is 0.236 e. The first-order valence-electron chi connectivity index (χ1n) is 9.68. The van der Waals surface area contributed by atoms with Gasteiger partial charge in [0.2, 0.25) is 5.91 Å².